The van der Waals surface area contributed by atoms with Crippen LogP contribution in [0.5, 0.6) is 0 Å². The predicted octanol–water partition coefficient (Wildman–Crippen LogP) is 5.27. The monoisotopic (exact) mass is 663 g/mol. The largest absolute Gasteiger partial charge is 3.00 e. The van der Waals surface area contributed by atoms with Gasteiger partial charge >= 0.3 is 19.8 Å². The number of carboxylic acid groups (broad SMARTS) is 2. The average Bonchev–Trinajstić information content (AvgIpc) is 3.64. The van der Waals surface area contributed by atoms with E-state index >= 15 is 0 Å². The van der Waals surface area contributed by atoms with Crippen LogP contribution in [0.4, 0.5) is 0 Å². The van der Waals surface area contributed by atoms with Crippen molar-refractivity contribution in [3.63, 3.8) is 0 Å². The molecule has 3 aromatic heterocycles. The number of rotatable bonds is 8. The molecule has 2 aliphatic rings. The molecule has 0 atom stereocenters. The summed E-state index contributed by atoms with van der Waals surface area (Å²) in [6.45, 7) is 12.4. The normalized spacial score (nSPS) is 12.5. The van der Waals surface area contributed by atoms with Crippen molar-refractivity contribution in [1.29, 1.82) is 0 Å². The smallest absolute Gasteiger partial charge is 0.680 e. The van der Waals surface area contributed by atoms with Crippen LogP contribution in [0.15, 0.2) is 24.3 Å². The SMILES string of the molecule is CCc1c(C)c2cc3[nH]c(cc4nc(cc5nc(cc1[nH]2)C(C)=C5CCC(=O)[O-])C(CCC(=O)[O-])=C4C)c(C)c3CC.C[NH-].[Ga+3]. The van der Waals surface area contributed by atoms with Gasteiger partial charge in [0.2, 0.25) is 0 Å². The van der Waals surface area contributed by atoms with E-state index in [1.807, 2.05) is 32.0 Å². The maximum absolute atomic E-state index is 11.4. The van der Waals surface area contributed by atoms with Crippen molar-refractivity contribution in [3.05, 3.63) is 75.0 Å². The zero-order chi connectivity index (χ0) is 32.3. The third-order valence-corrected chi connectivity index (χ3v) is 8.67. The van der Waals surface area contributed by atoms with E-state index in [0.29, 0.717) is 11.4 Å². The standard InChI is InChI=1S/C34H38N4O4.CH4N.Ga/c1-7-21-17(3)25-13-26-19(5)23(9-11-33(39)40)31(37-26)16-32-24(10-12-34(41)42)20(6)28(38-32)15-30-22(8-2)18(4)27(36-30)14-29(21)35-25;1-2;/h13-16,35-36H,7-12H2,1-6H3,(H,39,40)(H,41,42);2H,1H3;/q;-1;+3/p-2. The molecule has 2 aliphatic heterocycles. The van der Waals surface area contributed by atoms with Crippen LogP contribution in [0, 0.1) is 13.8 Å². The fourth-order valence-electron chi connectivity index (χ4n) is 6.21. The second-order valence-electron chi connectivity index (χ2n) is 11.1. The first-order valence-corrected chi connectivity index (χ1v) is 15.1. The number of fused-ring (bicyclic) bond motifs is 8. The van der Waals surface area contributed by atoms with Gasteiger partial charge in [0.25, 0.3) is 0 Å². The van der Waals surface area contributed by atoms with Gasteiger partial charge in [0.05, 0.1) is 22.8 Å². The first-order chi connectivity index (χ1) is 21.0. The van der Waals surface area contributed by atoms with Crippen LogP contribution in [0.25, 0.3) is 50.1 Å². The fraction of sp³-hybridized carbons (Fsp3) is 0.371. The number of nitrogens with one attached hydrogen (secondary N) is 3. The van der Waals surface area contributed by atoms with Gasteiger partial charge in [-0.3, -0.25) is 0 Å². The molecule has 5 rings (SSSR count). The van der Waals surface area contributed by atoms with Gasteiger partial charge in [-0.2, -0.15) is 7.05 Å². The maximum atomic E-state index is 11.4. The average molecular weight is 664 g/mol. The number of aromatic nitrogens is 4. The predicted molar refractivity (Wildman–Crippen MR) is 179 cm³/mol. The van der Waals surface area contributed by atoms with Gasteiger partial charge in [0.15, 0.2) is 0 Å². The Labute approximate surface area is 277 Å². The molecule has 9 nitrogen and oxygen atoms in total. The molecule has 0 amide bonds. The number of nitrogens with zero attached hydrogens (tertiary/aromatic N) is 2. The van der Waals surface area contributed by atoms with Crippen LogP contribution < -0.4 is 10.2 Å². The second-order valence-corrected chi connectivity index (χ2v) is 11.1. The van der Waals surface area contributed by atoms with Crippen molar-refractivity contribution in [3.8, 4) is 0 Å². The molecular weight excluding hydrogens is 624 g/mol. The Balaban J connectivity index is 0.00000180. The number of carboxylic acids is 2. The zero-order valence-electron chi connectivity index (χ0n) is 27.2. The molecule has 3 N–H and O–H groups in total. The Morgan fingerprint density at radius 2 is 1.02 bits per heavy atom. The first kappa shape index (κ1) is 35.6. The molecule has 10 heteroatoms. The molecule has 5 heterocycles. The third kappa shape index (κ3) is 7.18. The summed E-state index contributed by atoms with van der Waals surface area (Å²) in [7, 11) is 1.25. The van der Waals surface area contributed by atoms with E-state index in [4.69, 9.17) is 15.7 Å². The van der Waals surface area contributed by atoms with Crippen molar-refractivity contribution < 1.29 is 19.8 Å². The molecule has 0 saturated carbocycles. The number of H-pyrrole nitrogens is 2. The molecule has 0 spiro atoms. The number of hydrogen-bond donors (Lipinski definition) is 2. The first-order valence-electron chi connectivity index (χ1n) is 15.1. The van der Waals surface area contributed by atoms with Crippen LogP contribution in [-0.2, 0) is 22.4 Å². The van der Waals surface area contributed by atoms with Crippen LogP contribution >= 0.6 is 0 Å². The Hall–Kier alpha value is -3.86. The van der Waals surface area contributed by atoms with Crippen LogP contribution in [0.1, 0.15) is 98.4 Å². The van der Waals surface area contributed by atoms with E-state index in [9.17, 15) is 19.8 Å². The molecule has 0 radical (unpaired) electrons. The second kappa shape index (κ2) is 14.9. The summed E-state index contributed by atoms with van der Waals surface area (Å²) >= 11 is 0. The molecule has 0 aromatic carbocycles. The van der Waals surface area contributed by atoms with Gasteiger partial charge in [-0.25, -0.2) is 9.97 Å². The Kier molecular flexibility index (Phi) is 11.8. The number of carbonyl (C=O) groups excluding carboxylic acids is 2. The summed E-state index contributed by atoms with van der Waals surface area (Å²) in [4.78, 5) is 40.0. The summed E-state index contributed by atoms with van der Waals surface area (Å²) < 4.78 is 0. The van der Waals surface area contributed by atoms with E-state index < -0.39 is 11.9 Å². The Morgan fingerprint density at radius 3 is 1.42 bits per heavy atom. The van der Waals surface area contributed by atoms with E-state index in [0.717, 1.165) is 74.2 Å². The number of aromatic amines is 2. The number of aliphatic carboxylic acids is 2. The van der Waals surface area contributed by atoms with Crippen molar-refractivity contribution in [2.24, 2.45) is 0 Å². The van der Waals surface area contributed by atoms with Crippen LogP contribution in [0.3, 0.4) is 0 Å². The summed E-state index contributed by atoms with van der Waals surface area (Å²) in [5, 5.41) is 22.8. The number of carbonyl (C=O) groups is 2. The van der Waals surface area contributed by atoms with Gasteiger partial charge in [-0.15, -0.1) is 0 Å². The molecule has 0 aliphatic carbocycles. The van der Waals surface area contributed by atoms with Gasteiger partial charge in [0, 0.05) is 34.0 Å². The van der Waals surface area contributed by atoms with Crippen LogP contribution in [-0.4, -0.2) is 58.7 Å². The maximum Gasteiger partial charge on any atom is 3.00 e. The fourth-order valence-corrected chi connectivity index (χ4v) is 6.21. The topological polar surface area (TPSA) is 161 Å². The van der Waals surface area contributed by atoms with Gasteiger partial charge < -0.3 is 35.5 Å². The van der Waals surface area contributed by atoms with E-state index in [2.05, 4.69) is 43.7 Å². The van der Waals surface area contributed by atoms with Crippen molar-refractivity contribution in [1.82, 2.24) is 19.9 Å². The minimum absolute atomic E-state index is 0. The summed E-state index contributed by atoms with van der Waals surface area (Å²) in [5.74, 6) is -2.25. The number of hydrogen-bond acceptors (Lipinski definition) is 6. The summed E-state index contributed by atoms with van der Waals surface area (Å²) in [6.07, 6.45) is 1.96. The molecule has 45 heavy (non-hydrogen) atoms. The minimum atomic E-state index is -1.13. The van der Waals surface area contributed by atoms with Crippen molar-refractivity contribution in [2.75, 3.05) is 7.05 Å². The summed E-state index contributed by atoms with van der Waals surface area (Å²) in [5.41, 5.74) is 20.7. The zero-order valence-corrected chi connectivity index (χ0v) is 29.6. The molecule has 0 fully saturated rings. The van der Waals surface area contributed by atoms with Crippen molar-refractivity contribution >= 4 is 76.1 Å². The third-order valence-electron chi connectivity index (χ3n) is 8.67. The molecule has 232 valence electrons. The van der Waals surface area contributed by atoms with Crippen LogP contribution in [0.2, 0.25) is 0 Å². The quantitative estimate of drug-likeness (QED) is 0.312. The van der Waals surface area contributed by atoms with Gasteiger partial charge in [0.1, 0.15) is 0 Å². The molecule has 0 saturated heterocycles. The summed E-state index contributed by atoms with van der Waals surface area (Å²) in [6, 6.07) is 8.09. The van der Waals surface area contributed by atoms with Gasteiger partial charge in [-0.1, -0.05) is 13.8 Å². The van der Waals surface area contributed by atoms with E-state index in [1.165, 1.54) is 23.7 Å². The molecule has 8 bridgehead atoms. The van der Waals surface area contributed by atoms with E-state index in [1.54, 1.807) is 0 Å². The minimum Gasteiger partial charge on any atom is -0.680 e. The molecule has 3 aromatic rings. The van der Waals surface area contributed by atoms with Gasteiger partial charge in [-0.05, 0) is 135 Å². The molecule has 0 unspecified atom stereocenters. The van der Waals surface area contributed by atoms with E-state index in [-0.39, 0.29) is 45.5 Å². The number of aryl methyl sites for hydroxylation is 4. The molecular formula is C35H40GaN5O4. The van der Waals surface area contributed by atoms with Crippen molar-refractivity contribution in [2.45, 2.75) is 80.1 Å². The Bertz CT molecular complexity index is 1860. The Morgan fingerprint density at radius 1 is 0.644 bits per heavy atom. The number of allylic oxidation sites excluding steroid dienone is 4.